The number of carbonyl (C=O) groups is 2. The van der Waals surface area contributed by atoms with Crippen LogP contribution in [0.3, 0.4) is 0 Å². The Kier molecular flexibility index (Phi) is 3.81. The molecule has 8 heteroatoms. The minimum atomic E-state index is -0.559. The molecule has 1 aliphatic rings. The highest BCUT2D eigenvalue weighted by molar-refractivity contribution is 8.00. The maximum atomic E-state index is 12.0. The second-order valence-electron chi connectivity index (χ2n) is 4.59. The molecule has 0 aromatic carbocycles. The van der Waals surface area contributed by atoms with E-state index in [1.54, 1.807) is 11.3 Å². The lowest BCUT2D eigenvalue weighted by Crippen LogP contribution is -2.33. The van der Waals surface area contributed by atoms with Crippen LogP contribution in [0.5, 0.6) is 0 Å². The number of nitrogens with zero attached hydrogens (tertiary/aromatic N) is 3. The van der Waals surface area contributed by atoms with Crippen LogP contribution >= 0.6 is 23.1 Å². The maximum absolute atomic E-state index is 12.0. The van der Waals surface area contributed by atoms with E-state index in [1.165, 1.54) is 23.0 Å². The fraction of sp³-hybridized carbons (Fsp3) is 0.385. The number of cyclic esters (lactones) is 1. The second kappa shape index (κ2) is 5.61. The van der Waals surface area contributed by atoms with Gasteiger partial charge in [-0.15, -0.1) is 11.3 Å². The predicted octanol–water partition coefficient (Wildman–Crippen LogP) is 2.38. The Hall–Kier alpha value is -1.67. The van der Waals surface area contributed by atoms with Crippen LogP contribution in [0.15, 0.2) is 11.4 Å². The quantitative estimate of drug-likeness (QED) is 0.638. The molecule has 0 radical (unpaired) electrons. The average molecular weight is 323 g/mol. The largest absolute Gasteiger partial charge is 0.447 e. The molecule has 0 unspecified atom stereocenters. The third kappa shape index (κ3) is 2.60. The summed E-state index contributed by atoms with van der Waals surface area (Å²) in [5.41, 5.74) is 1.14. The Morgan fingerprint density at radius 2 is 2.29 bits per heavy atom. The lowest BCUT2D eigenvalue weighted by Gasteiger charge is -2.10. The summed E-state index contributed by atoms with van der Waals surface area (Å²) in [6.45, 7) is 4.67. The summed E-state index contributed by atoms with van der Waals surface area (Å²) < 4.78 is 4.76. The number of rotatable bonds is 3. The van der Waals surface area contributed by atoms with E-state index >= 15 is 0 Å². The van der Waals surface area contributed by atoms with Crippen LogP contribution in [0.1, 0.15) is 10.4 Å². The van der Waals surface area contributed by atoms with E-state index in [9.17, 15) is 9.59 Å². The van der Waals surface area contributed by atoms with Crippen molar-refractivity contribution in [3.05, 3.63) is 16.8 Å². The number of thiophene rings is 1. The lowest BCUT2D eigenvalue weighted by molar-refractivity contribution is -0.125. The van der Waals surface area contributed by atoms with Gasteiger partial charge in [-0.3, -0.25) is 4.79 Å². The molecule has 21 heavy (non-hydrogen) atoms. The van der Waals surface area contributed by atoms with E-state index in [1.807, 2.05) is 13.8 Å². The Labute approximate surface area is 129 Å². The first-order valence-electron chi connectivity index (χ1n) is 6.38. The smallest absolute Gasteiger partial charge is 0.416 e. The number of hydrogen-bond donors (Lipinski definition) is 0. The highest BCUT2D eigenvalue weighted by Crippen LogP contribution is 2.34. The van der Waals surface area contributed by atoms with E-state index in [0.29, 0.717) is 6.54 Å². The third-order valence-electron chi connectivity index (χ3n) is 3.32. The summed E-state index contributed by atoms with van der Waals surface area (Å²) in [5.74, 6) is -0.0888. The highest BCUT2D eigenvalue weighted by Gasteiger charge is 2.28. The van der Waals surface area contributed by atoms with Gasteiger partial charge in [-0.2, -0.15) is 0 Å². The van der Waals surface area contributed by atoms with Crippen LogP contribution in [0.25, 0.3) is 10.2 Å². The second-order valence-corrected chi connectivity index (χ2v) is 6.76. The Morgan fingerprint density at radius 3 is 3.00 bits per heavy atom. The fourth-order valence-corrected chi connectivity index (χ4v) is 4.08. The molecule has 110 valence electrons. The van der Waals surface area contributed by atoms with Crippen LogP contribution in [0.2, 0.25) is 0 Å². The summed E-state index contributed by atoms with van der Waals surface area (Å²) in [5, 5.41) is 1.78. The molecule has 3 rings (SSSR count). The number of amides is 2. The first-order valence-corrected chi connectivity index (χ1v) is 8.18. The third-order valence-corrected chi connectivity index (χ3v) is 5.41. The highest BCUT2D eigenvalue weighted by atomic mass is 32.2. The van der Waals surface area contributed by atoms with Crippen molar-refractivity contribution in [1.29, 1.82) is 0 Å². The first kappa shape index (κ1) is 14.3. The van der Waals surface area contributed by atoms with E-state index in [-0.39, 0.29) is 18.3 Å². The number of carbonyl (C=O) groups excluding carboxylic acids is 2. The number of aryl methyl sites for hydroxylation is 2. The van der Waals surface area contributed by atoms with Crippen molar-refractivity contribution in [1.82, 2.24) is 14.9 Å². The molecule has 0 spiro atoms. The van der Waals surface area contributed by atoms with Gasteiger partial charge in [0.2, 0.25) is 5.91 Å². The monoisotopic (exact) mass is 323 g/mol. The molecule has 1 aliphatic heterocycles. The van der Waals surface area contributed by atoms with Gasteiger partial charge in [0.1, 0.15) is 22.8 Å². The number of imide groups is 1. The zero-order chi connectivity index (χ0) is 15.0. The molecule has 1 saturated heterocycles. The maximum Gasteiger partial charge on any atom is 0.416 e. The molecule has 2 aromatic rings. The van der Waals surface area contributed by atoms with Crippen molar-refractivity contribution >= 4 is 45.3 Å². The van der Waals surface area contributed by atoms with E-state index in [2.05, 4.69) is 9.97 Å². The minimum Gasteiger partial charge on any atom is -0.447 e. The predicted molar refractivity (Wildman–Crippen MR) is 80.7 cm³/mol. The molecule has 0 N–H and O–H groups in total. The molecule has 0 bridgehead atoms. The van der Waals surface area contributed by atoms with Gasteiger partial charge in [0.25, 0.3) is 0 Å². The zero-order valence-electron chi connectivity index (χ0n) is 11.6. The summed E-state index contributed by atoms with van der Waals surface area (Å²) >= 11 is 2.95. The van der Waals surface area contributed by atoms with E-state index in [4.69, 9.17) is 4.74 Å². The van der Waals surface area contributed by atoms with Gasteiger partial charge in [0.15, 0.2) is 0 Å². The van der Waals surface area contributed by atoms with E-state index in [0.717, 1.165) is 25.7 Å². The Morgan fingerprint density at radius 1 is 1.48 bits per heavy atom. The van der Waals surface area contributed by atoms with Gasteiger partial charge in [-0.1, -0.05) is 11.8 Å². The van der Waals surface area contributed by atoms with Crippen molar-refractivity contribution in [2.75, 3.05) is 18.9 Å². The van der Waals surface area contributed by atoms with Crippen molar-refractivity contribution in [3.8, 4) is 0 Å². The lowest BCUT2D eigenvalue weighted by atomic mass is 10.2. The molecule has 0 atom stereocenters. The molecule has 0 saturated carbocycles. The number of hydrogen-bond acceptors (Lipinski definition) is 7. The van der Waals surface area contributed by atoms with E-state index < -0.39 is 6.09 Å². The van der Waals surface area contributed by atoms with Crippen molar-refractivity contribution in [2.24, 2.45) is 0 Å². The SMILES string of the molecule is Cc1sc2ncnc(SCC(=O)N3CCOC3=O)c2c1C. The molecular formula is C13H13N3O3S2. The number of aromatic nitrogens is 2. The number of fused-ring (bicyclic) bond motifs is 1. The molecule has 0 aliphatic carbocycles. The number of thioether (sulfide) groups is 1. The molecular weight excluding hydrogens is 310 g/mol. The van der Waals surface area contributed by atoms with Crippen LogP contribution in [0.4, 0.5) is 4.79 Å². The fourth-order valence-electron chi connectivity index (χ4n) is 2.09. The standard InChI is InChI=1S/C13H13N3O3S2/c1-7-8(2)21-12-10(7)11(14-6-15-12)20-5-9(17)16-3-4-19-13(16)18/h6H,3-5H2,1-2H3. The summed E-state index contributed by atoms with van der Waals surface area (Å²) in [4.78, 5) is 35.2. The van der Waals surface area contributed by atoms with Gasteiger partial charge in [-0.05, 0) is 19.4 Å². The van der Waals surface area contributed by atoms with Crippen LogP contribution in [-0.2, 0) is 9.53 Å². The molecule has 2 amide bonds. The Balaban J connectivity index is 1.79. The molecule has 3 heterocycles. The summed E-state index contributed by atoms with van der Waals surface area (Å²) in [6.07, 6.45) is 0.949. The van der Waals surface area contributed by atoms with Gasteiger partial charge < -0.3 is 4.74 Å². The molecule has 2 aromatic heterocycles. The minimum absolute atomic E-state index is 0.162. The van der Waals surface area contributed by atoms with Crippen LogP contribution in [0, 0.1) is 13.8 Å². The summed E-state index contributed by atoms with van der Waals surface area (Å²) in [6, 6.07) is 0. The Bertz CT molecular complexity index is 729. The number of ether oxygens (including phenoxy) is 1. The molecule has 6 nitrogen and oxygen atoms in total. The van der Waals surface area contributed by atoms with Crippen molar-refractivity contribution in [3.63, 3.8) is 0 Å². The normalized spacial score (nSPS) is 14.8. The van der Waals surface area contributed by atoms with Crippen LogP contribution < -0.4 is 0 Å². The van der Waals surface area contributed by atoms with Crippen molar-refractivity contribution in [2.45, 2.75) is 18.9 Å². The topological polar surface area (TPSA) is 72.4 Å². The van der Waals surface area contributed by atoms with Crippen molar-refractivity contribution < 1.29 is 14.3 Å². The average Bonchev–Trinajstić information content (AvgIpc) is 3.01. The first-order chi connectivity index (χ1) is 10.1. The van der Waals surface area contributed by atoms with Gasteiger partial charge in [-0.25, -0.2) is 19.7 Å². The van der Waals surface area contributed by atoms with Gasteiger partial charge in [0.05, 0.1) is 12.3 Å². The van der Waals surface area contributed by atoms with Gasteiger partial charge >= 0.3 is 6.09 Å². The van der Waals surface area contributed by atoms with Crippen LogP contribution in [-0.4, -0.2) is 45.8 Å². The zero-order valence-corrected chi connectivity index (χ0v) is 13.2. The van der Waals surface area contributed by atoms with Gasteiger partial charge in [0, 0.05) is 10.3 Å². The summed E-state index contributed by atoms with van der Waals surface area (Å²) in [7, 11) is 0. The molecule has 1 fully saturated rings.